The number of nitrogens with one attached hydrogen (secondary N) is 2. The van der Waals surface area contributed by atoms with Gasteiger partial charge in [0.25, 0.3) is 0 Å². The molecule has 0 atom stereocenters. The minimum Gasteiger partial charge on any atom is -0.356 e. The second-order valence-electron chi connectivity index (χ2n) is 5.30. The van der Waals surface area contributed by atoms with E-state index in [1.807, 2.05) is 30.1 Å². The maximum atomic E-state index is 5.77. The van der Waals surface area contributed by atoms with Gasteiger partial charge in [0.2, 0.25) is 0 Å². The van der Waals surface area contributed by atoms with Crippen LogP contribution in [0.1, 0.15) is 17.5 Å². The first-order valence-electron chi connectivity index (χ1n) is 7.71. The van der Waals surface area contributed by atoms with Crippen molar-refractivity contribution >= 4 is 41.5 Å². The Morgan fingerprint density at radius 2 is 2.04 bits per heavy atom. The zero-order valence-corrected chi connectivity index (χ0v) is 17.1. The van der Waals surface area contributed by atoms with Crippen LogP contribution >= 0.6 is 35.6 Å². The van der Waals surface area contributed by atoms with Crippen LogP contribution in [0.5, 0.6) is 0 Å². The highest BCUT2D eigenvalue weighted by molar-refractivity contribution is 14.0. The van der Waals surface area contributed by atoms with E-state index in [-0.39, 0.29) is 24.0 Å². The fourth-order valence-corrected chi connectivity index (χ4v) is 2.25. The Kier molecular flexibility index (Phi) is 9.70. The monoisotopic (exact) mass is 462 g/mol. The number of rotatable bonds is 7. The molecule has 6 nitrogen and oxygen atoms in total. The third-order valence-electron chi connectivity index (χ3n) is 3.34. The summed E-state index contributed by atoms with van der Waals surface area (Å²) < 4.78 is 1.96. The van der Waals surface area contributed by atoms with E-state index in [9.17, 15) is 0 Å². The maximum absolute atomic E-state index is 5.77. The number of aromatic nitrogens is 3. The van der Waals surface area contributed by atoms with Crippen molar-refractivity contribution < 1.29 is 0 Å². The number of hydrogen-bond donors (Lipinski definition) is 2. The largest absolute Gasteiger partial charge is 0.356 e. The average molecular weight is 463 g/mol. The Labute approximate surface area is 165 Å². The summed E-state index contributed by atoms with van der Waals surface area (Å²) in [5.74, 6) is 0.809. The average Bonchev–Trinajstić information content (AvgIpc) is 2.97. The molecule has 2 N–H and O–H groups in total. The Morgan fingerprint density at radius 1 is 1.25 bits per heavy atom. The van der Waals surface area contributed by atoms with Crippen molar-refractivity contribution in [3.63, 3.8) is 0 Å². The van der Waals surface area contributed by atoms with Crippen LogP contribution in [-0.2, 0) is 13.0 Å². The van der Waals surface area contributed by atoms with Gasteiger partial charge in [0.05, 0.1) is 6.20 Å². The molecule has 24 heavy (non-hydrogen) atoms. The molecule has 0 bridgehead atoms. The fourth-order valence-electron chi connectivity index (χ4n) is 2.14. The molecule has 0 unspecified atom stereocenters. The Hall–Kier alpha value is -1.35. The molecule has 132 valence electrons. The minimum absolute atomic E-state index is 0. The number of guanidine groups is 1. The second-order valence-corrected chi connectivity index (χ2v) is 5.69. The van der Waals surface area contributed by atoms with Crippen LogP contribution < -0.4 is 10.6 Å². The third kappa shape index (κ3) is 7.48. The molecule has 0 aliphatic heterocycles. The summed E-state index contributed by atoms with van der Waals surface area (Å²) in [6, 6.07) is 3.79. The molecule has 0 saturated carbocycles. The van der Waals surface area contributed by atoms with Gasteiger partial charge in [-0.2, -0.15) is 5.10 Å². The quantitative estimate of drug-likeness (QED) is 0.218. The van der Waals surface area contributed by atoms with Crippen LogP contribution in [0.4, 0.5) is 0 Å². The van der Waals surface area contributed by atoms with E-state index in [2.05, 4.69) is 25.7 Å². The van der Waals surface area contributed by atoms with Crippen molar-refractivity contribution in [2.24, 2.45) is 4.99 Å². The molecule has 2 aromatic heterocycles. The Morgan fingerprint density at radius 3 is 2.67 bits per heavy atom. The zero-order valence-electron chi connectivity index (χ0n) is 14.0. The summed E-state index contributed by atoms with van der Waals surface area (Å²) in [5.41, 5.74) is 2.33. The number of aliphatic imine (C=N–C) groups is 1. The van der Waals surface area contributed by atoms with Gasteiger partial charge < -0.3 is 10.6 Å². The first-order chi connectivity index (χ1) is 11.2. The van der Waals surface area contributed by atoms with Crippen LogP contribution in [0.25, 0.3) is 0 Å². The van der Waals surface area contributed by atoms with Gasteiger partial charge in [-0.25, -0.2) is 4.98 Å². The third-order valence-corrected chi connectivity index (χ3v) is 3.56. The first kappa shape index (κ1) is 20.7. The van der Waals surface area contributed by atoms with Crippen molar-refractivity contribution in [2.75, 3.05) is 20.1 Å². The van der Waals surface area contributed by atoms with Crippen molar-refractivity contribution in [1.29, 1.82) is 0 Å². The molecule has 2 heterocycles. The van der Waals surface area contributed by atoms with Gasteiger partial charge in [-0.05, 0) is 37.0 Å². The van der Waals surface area contributed by atoms with Crippen LogP contribution in [0.15, 0.2) is 35.7 Å². The lowest BCUT2D eigenvalue weighted by Gasteiger charge is -2.11. The second kappa shape index (κ2) is 11.2. The van der Waals surface area contributed by atoms with Crippen molar-refractivity contribution in [3.8, 4) is 0 Å². The Bertz CT molecular complexity index is 626. The molecule has 2 aromatic rings. The lowest BCUT2D eigenvalue weighted by Crippen LogP contribution is -2.39. The SMILES string of the molecule is CN=C(NCCCn1cc(C)cn1)NCCc1ccc(Cl)nc1.I. The van der Waals surface area contributed by atoms with E-state index < -0.39 is 0 Å². The number of pyridine rings is 1. The molecule has 0 saturated heterocycles. The van der Waals surface area contributed by atoms with Gasteiger partial charge in [-0.15, -0.1) is 24.0 Å². The lowest BCUT2D eigenvalue weighted by atomic mass is 10.2. The Balaban J connectivity index is 0.00000288. The predicted molar refractivity (Wildman–Crippen MR) is 109 cm³/mol. The molecule has 0 aliphatic carbocycles. The normalized spacial score (nSPS) is 11.0. The zero-order chi connectivity index (χ0) is 16.5. The fraction of sp³-hybridized carbons (Fsp3) is 0.438. The van der Waals surface area contributed by atoms with Crippen molar-refractivity contribution in [2.45, 2.75) is 26.3 Å². The number of hydrogen-bond acceptors (Lipinski definition) is 3. The molecule has 8 heteroatoms. The van der Waals surface area contributed by atoms with Crippen LogP contribution in [-0.4, -0.2) is 40.9 Å². The molecular weight excluding hydrogens is 439 g/mol. The van der Waals surface area contributed by atoms with Crippen LogP contribution in [0, 0.1) is 6.92 Å². The number of nitrogens with zero attached hydrogens (tertiary/aromatic N) is 4. The predicted octanol–water partition coefficient (Wildman–Crippen LogP) is 2.66. The van der Waals surface area contributed by atoms with Gasteiger partial charge >= 0.3 is 0 Å². The topological polar surface area (TPSA) is 67.1 Å². The summed E-state index contributed by atoms with van der Waals surface area (Å²) >= 11 is 5.77. The van der Waals surface area contributed by atoms with E-state index in [4.69, 9.17) is 11.6 Å². The van der Waals surface area contributed by atoms with Crippen LogP contribution in [0.3, 0.4) is 0 Å². The van der Waals surface area contributed by atoms with E-state index in [1.54, 1.807) is 19.3 Å². The van der Waals surface area contributed by atoms with Gasteiger partial charge in [0.15, 0.2) is 5.96 Å². The number of halogens is 2. The number of aryl methyl sites for hydroxylation is 2. The molecule has 0 amide bonds. The van der Waals surface area contributed by atoms with Crippen molar-refractivity contribution in [1.82, 2.24) is 25.4 Å². The van der Waals surface area contributed by atoms with Crippen molar-refractivity contribution in [3.05, 3.63) is 47.0 Å². The lowest BCUT2D eigenvalue weighted by molar-refractivity contribution is 0.570. The van der Waals surface area contributed by atoms with E-state index >= 15 is 0 Å². The molecular formula is C16H24ClIN6. The highest BCUT2D eigenvalue weighted by Crippen LogP contribution is 2.05. The molecule has 0 aromatic carbocycles. The highest BCUT2D eigenvalue weighted by atomic mass is 127. The standard InChI is InChI=1S/C16H23ClN6.HI/c1-13-10-22-23(12-13)9-3-7-19-16(18-2)20-8-6-14-4-5-15(17)21-11-14;/h4-5,10-12H,3,6-9H2,1-2H3,(H2,18,19,20);1H. The van der Waals surface area contributed by atoms with E-state index in [1.165, 1.54) is 5.56 Å². The van der Waals surface area contributed by atoms with Gasteiger partial charge in [0.1, 0.15) is 5.15 Å². The molecule has 0 spiro atoms. The maximum Gasteiger partial charge on any atom is 0.190 e. The van der Waals surface area contributed by atoms with Gasteiger partial charge in [0, 0.05) is 39.1 Å². The summed E-state index contributed by atoms with van der Waals surface area (Å²) in [5, 5.41) is 11.4. The summed E-state index contributed by atoms with van der Waals surface area (Å²) in [6.07, 6.45) is 7.58. The summed E-state index contributed by atoms with van der Waals surface area (Å²) in [6.45, 7) is 4.58. The van der Waals surface area contributed by atoms with E-state index in [0.29, 0.717) is 5.15 Å². The molecule has 0 radical (unpaired) electrons. The summed E-state index contributed by atoms with van der Waals surface area (Å²) in [7, 11) is 1.77. The molecule has 2 rings (SSSR count). The highest BCUT2D eigenvalue weighted by Gasteiger charge is 1.99. The molecule has 0 aliphatic rings. The first-order valence-corrected chi connectivity index (χ1v) is 8.09. The van der Waals surface area contributed by atoms with Gasteiger partial charge in [-0.1, -0.05) is 17.7 Å². The molecule has 0 fully saturated rings. The van der Waals surface area contributed by atoms with Crippen LogP contribution in [0.2, 0.25) is 5.15 Å². The smallest absolute Gasteiger partial charge is 0.190 e. The summed E-state index contributed by atoms with van der Waals surface area (Å²) in [4.78, 5) is 8.29. The van der Waals surface area contributed by atoms with Gasteiger partial charge in [-0.3, -0.25) is 9.67 Å². The minimum atomic E-state index is 0. The van der Waals surface area contributed by atoms with E-state index in [0.717, 1.165) is 44.0 Å².